The lowest BCUT2D eigenvalue weighted by molar-refractivity contribution is -0.143. The van der Waals surface area contributed by atoms with Gasteiger partial charge >= 0.3 is 5.97 Å². The van der Waals surface area contributed by atoms with Gasteiger partial charge in [-0.15, -0.1) is 0 Å². The van der Waals surface area contributed by atoms with E-state index in [0.717, 1.165) is 0 Å². The minimum atomic E-state index is -1.16. The first-order chi connectivity index (χ1) is 9.41. The molecule has 0 aliphatic heterocycles. The van der Waals surface area contributed by atoms with Crippen LogP contribution in [0, 0.1) is 0 Å². The maximum atomic E-state index is 11.8. The van der Waals surface area contributed by atoms with Crippen LogP contribution >= 0.6 is 0 Å². The number of aliphatic carboxylic acids is 1. The average molecular weight is 279 g/mol. The van der Waals surface area contributed by atoms with Crippen LogP contribution in [0.1, 0.15) is 26.3 Å². The topological polar surface area (TPSA) is 75.6 Å². The van der Waals surface area contributed by atoms with Gasteiger partial charge in [0.15, 0.2) is 0 Å². The Labute approximate surface area is 118 Å². The minimum absolute atomic E-state index is 0.0165. The van der Waals surface area contributed by atoms with Gasteiger partial charge in [-0.05, 0) is 26.3 Å². The molecule has 2 N–H and O–H groups in total. The molecule has 0 aliphatic rings. The van der Waals surface area contributed by atoms with Crippen molar-refractivity contribution in [2.24, 2.45) is 0 Å². The molecule has 0 heterocycles. The van der Waals surface area contributed by atoms with E-state index in [9.17, 15) is 14.7 Å². The molecular weight excluding hydrogens is 258 g/mol. The standard InChI is InChI=1S/C15H21NO4/c1-4-20-11(2)13(17)16-10-15(3,14(18)19)12-8-6-5-7-9-12/h5-9,11H,4,10H2,1-3H3,(H,16,17)(H,18,19). The molecule has 20 heavy (non-hydrogen) atoms. The monoisotopic (exact) mass is 279 g/mol. The second kappa shape index (κ2) is 7.05. The van der Waals surface area contributed by atoms with Crippen LogP contribution in [0.15, 0.2) is 30.3 Å². The fourth-order valence-electron chi connectivity index (χ4n) is 1.84. The number of benzene rings is 1. The van der Waals surface area contributed by atoms with Gasteiger partial charge in [0, 0.05) is 13.2 Å². The molecule has 0 saturated heterocycles. The Balaban J connectivity index is 2.79. The first-order valence-corrected chi connectivity index (χ1v) is 6.60. The van der Waals surface area contributed by atoms with Gasteiger partial charge in [-0.25, -0.2) is 0 Å². The van der Waals surface area contributed by atoms with E-state index in [1.807, 2.05) is 6.07 Å². The average Bonchev–Trinajstić information content (AvgIpc) is 2.45. The van der Waals surface area contributed by atoms with Crippen molar-refractivity contribution in [3.05, 3.63) is 35.9 Å². The van der Waals surface area contributed by atoms with Gasteiger partial charge in [0.25, 0.3) is 0 Å². The molecular formula is C15H21NO4. The molecule has 0 aliphatic carbocycles. The highest BCUT2D eigenvalue weighted by Crippen LogP contribution is 2.23. The van der Waals surface area contributed by atoms with Crippen molar-refractivity contribution < 1.29 is 19.4 Å². The zero-order chi connectivity index (χ0) is 15.2. The van der Waals surface area contributed by atoms with Crippen molar-refractivity contribution in [1.29, 1.82) is 0 Å². The lowest BCUT2D eigenvalue weighted by atomic mass is 9.82. The SMILES string of the molecule is CCOC(C)C(=O)NCC(C)(C(=O)O)c1ccccc1. The Morgan fingerprint density at radius 3 is 2.45 bits per heavy atom. The summed E-state index contributed by atoms with van der Waals surface area (Å²) in [5.74, 6) is -1.29. The van der Waals surface area contributed by atoms with E-state index in [2.05, 4.69) is 5.32 Å². The maximum Gasteiger partial charge on any atom is 0.315 e. The van der Waals surface area contributed by atoms with E-state index in [4.69, 9.17) is 4.74 Å². The van der Waals surface area contributed by atoms with E-state index >= 15 is 0 Å². The van der Waals surface area contributed by atoms with Crippen LogP contribution in [0.4, 0.5) is 0 Å². The van der Waals surface area contributed by atoms with Crippen molar-refractivity contribution in [2.75, 3.05) is 13.2 Å². The molecule has 0 aromatic heterocycles. The summed E-state index contributed by atoms with van der Waals surface area (Å²) in [5, 5.41) is 12.1. The normalized spacial score (nSPS) is 15.2. The third kappa shape index (κ3) is 3.81. The fourth-order valence-corrected chi connectivity index (χ4v) is 1.84. The van der Waals surface area contributed by atoms with Crippen LogP contribution in [0.5, 0.6) is 0 Å². The smallest absolute Gasteiger partial charge is 0.315 e. The van der Waals surface area contributed by atoms with Crippen LogP contribution < -0.4 is 5.32 Å². The number of rotatable bonds is 7. The first kappa shape index (κ1) is 16.2. The Morgan fingerprint density at radius 1 is 1.35 bits per heavy atom. The Hall–Kier alpha value is -1.88. The number of ether oxygens (including phenoxy) is 1. The number of hydrogen-bond donors (Lipinski definition) is 2. The van der Waals surface area contributed by atoms with Gasteiger partial charge in [-0.1, -0.05) is 30.3 Å². The Morgan fingerprint density at radius 2 is 1.95 bits per heavy atom. The summed E-state index contributed by atoms with van der Waals surface area (Å²) < 4.78 is 5.18. The van der Waals surface area contributed by atoms with Crippen molar-refractivity contribution in [1.82, 2.24) is 5.32 Å². The minimum Gasteiger partial charge on any atom is -0.481 e. The van der Waals surface area contributed by atoms with Crippen molar-refractivity contribution >= 4 is 11.9 Å². The maximum absolute atomic E-state index is 11.8. The van der Waals surface area contributed by atoms with Crippen LogP contribution in [-0.4, -0.2) is 36.2 Å². The Kier molecular flexibility index (Phi) is 5.70. The quantitative estimate of drug-likeness (QED) is 0.794. The molecule has 0 saturated carbocycles. The summed E-state index contributed by atoms with van der Waals surface area (Å²) >= 11 is 0. The van der Waals surface area contributed by atoms with Gasteiger partial charge in [0.1, 0.15) is 11.5 Å². The second-order valence-corrected chi connectivity index (χ2v) is 4.82. The molecule has 5 nitrogen and oxygen atoms in total. The predicted octanol–water partition coefficient (Wildman–Crippen LogP) is 1.57. The van der Waals surface area contributed by atoms with Crippen molar-refractivity contribution in [3.8, 4) is 0 Å². The predicted molar refractivity (Wildman–Crippen MR) is 75.5 cm³/mol. The van der Waals surface area contributed by atoms with E-state index in [1.165, 1.54) is 0 Å². The molecule has 1 amide bonds. The van der Waals surface area contributed by atoms with Crippen LogP contribution in [0.2, 0.25) is 0 Å². The van der Waals surface area contributed by atoms with E-state index in [-0.39, 0.29) is 12.5 Å². The molecule has 0 spiro atoms. The summed E-state index contributed by atoms with van der Waals surface area (Å²) in [4.78, 5) is 23.4. The van der Waals surface area contributed by atoms with Crippen molar-refractivity contribution in [2.45, 2.75) is 32.3 Å². The van der Waals surface area contributed by atoms with Gasteiger partial charge < -0.3 is 15.2 Å². The fraction of sp³-hybridized carbons (Fsp3) is 0.467. The summed E-state index contributed by atoms with van der Waals surface area (Å²) in [6, 6.07) is 8.86. The molecule has 1 rings (SSSR count). The highest BCUT2D eigenvalue weighted by Gasteiger charge is 2.35. The number of carbonyl (C=O) groups is 2. The zero-order valence-corrected chi connectivity index (χ0v) is 12.1. The number of carboxylic acid groups (broad SMARTS) is 1. The zero-order valence-electron chi connectivity index (χ0n) is 12.1. The molecule has 0 radical (unpaired) electrons. The molecule has 0 bridgehead atoms. The molecule has 5 heteroatoms. The lowest BCUT2D eigenvalue weighted by Crippen LogP contribution is -2.47. The van der Waals surface area contributed by atoms with Crippen LogP contribution in [-0.2, 0) is 19.7 Å². The van der Waals surface area contributed by atoms with Gasteiger partial charge in [0.05, 0.1) is 0 Å². The van der Waals surface area contributed by atoms with E-state index in [1.54, 1.807) is 45.0 Å². The van der Waals surface area contributed by atoms with Gasteiger partial charge in [-0.3, -0.25) is 9.59 Å². The van der Waals surface area contributed by atoms with E-state index < -0.39 is 17.5 Å². The molecule has 110 valence electrons. The molecule has 1 aromatic rings. The first-order valence-electron chi connectivity index (χ1n) is 6.60. The lowest BCUT2D eigenvalue weighted by Gasteiger charge is -2.26. The van der Waals surface area contributed by atoms with E-state index in [0.29, 0.717) is 12.2 Å². The second-order valence-electron chi connectivity index (χ2n) is 4.82. The summed E-state index contributed by atoms with van der Waals surface area (Å²) in [6.07, 6.45) is -0.589. The summed E-state index contributed by atoms with van der Waals surface area (Å²) in [5.41, 5.74) is -0.514. The number of carboxylic acids is 1. The number of nitrogens with one attached hydrogen (secondary N) is 1. The third-order valence-corrected chi connectivity index (χ3v) is 3.29. The van der Waals surface area contributed by atoms with Crippen molar-refractivity contribution in [3.63, 3.8) is 0 Å². The molecule has 1 aromatic carbocycles. The Bertz CT molecular complexity index is 460. The summed E-state index contributed by atoms with van der Waals surface area (Å²) in [7, 11) is 0. The van der Waals surface area contributed by atoms with Gasteiger partial charge in [0.2, 0.25) is 5.91 Å². The molecule has 2 atom stereocenters. The largest absolute Gasteiger partial charge is 0.481 e. The number of amides is 1. The highest BCUT2D eigenvalue weighted by molar-refractivity contribution is 5.84. The van der Waals surface area contributed by atoms with Crippen LogP contribution in [0.25, 0.3) is 0 Å². The number of hydrogen-bond acceptors (Lipinski definition) is 3. The third-order valence-electron chi connectivity index (χ3n) is 3.29. The number of carbonyl (C=O) groups excluding carboxylic acids is 1. The summed E-state index contributed by atoms with van der Waals surface area (Å²) in [6.45, 7) is 5.48. The molecule has 2 unspecified atom stereocenters. The van der Waals surface area contributed by atoms with Crippen LogP contribution in [0.3, 0.4) is 0 Å². The molecule has 0 fully saturated rings. The highest BCUT2D eigenvalue weighted by atomic mass is 16.5. The van der Waals surface area contributed by atoms with Gasteiger partial charge in [-0.2, -0.15) is 0 Å².